The summed E-state index contributed by atoms with van der Waals surface area (Å²) in [5.74, 6) is 2.68. The second-order valence-electron chi connectivity index (χ2n) is 6.99. The first kappa shape index (κ1) is 23.1. The number of rotatable bonds is 6. The Labute approximate surface area is 189 Å². The highest BCUT2D eigenvalue weighted by Gasteiger charge is 2.11. The molecule has 0 radical (unpaired) electrons. The van der Waals surface area contributed by atoms with Gasteiger partial charge in [-0.1, -0.05) is 19.1 Å². The minimum Gasteiger partial charge on any atom is -0.490 e. The lowest BCUT2D eigenvalue weighted by molar-refractivity contribution is 0.215. The molecule has 1 unspecified atom stereocenters. The van der Waals surface area contributed by atoms with Crippen LogP contribution in [0, 0.1) is 6.92 Å². The molecule has 1 atom stereocenters. The van der Waals surface area contributed by atoms with Gasteiger partial charge in [-0.05, 0) is 44.0 Å². The third-order valence-corrected chi connectivity index (χ3v) is 4.57. The molecule has 0 aliphatic carbocycles. The van der Waals surface area contributed by atoms with Gasteiger partial charge in [0.1, 0.15) is 5.75 Å². The van der Waals surface area contributed by atoms with Crippen LogP contribution in [0.2, 0.25) is 0 Å². The molecular weight excluding hydrogens is 481 g/mol. The standard InChI is InChI=1S/C22H29N3O3.HI/c1-4-16(3)28-20-12-15(2)6-7-17(20)14-24-22(23)25-18-8-9-19-21(13-18)27-11-5-10-26-19;/h6-9,12-13,16H,4-5,10-11,14H2,1-3H3,(H3,23,24,25);1H. The monoisotopic (exact) mass is 511 g/mol. The molecule has 0 amide bonds. The predicted molar refractivity (Wildman–Crippen MR) is 128 cm³/mol. The van der Waals surface area contributed by atoms with E-state index in [1.165, 1.54) is 0 Å². The van der Waals surface area contributed by atoms with Crippen molar-refractivity contribution in [2.45, 2.75) is 46.3 Å². The van der Waals surface area contributed by atoms with Crippen LogP contribution in [-0.2, 0) is 6.54 Å². The van der Waals surface area contributed by atoms with Crippen LogP contribution in [0.25, 0.3) is 0 Å². The molecule has 1 aliphatic heterocycles. The number of fused-ring (bicyclic) bond motifs is 1. The summed E-state index contributed by atoms with van der Waals surface area (Å²) in [6.07, 6.45) is 1.98. The Balaban J connectivity index is 0.00000300. The first-order chi connectivity index (χ1) is 13.5. The number of benzene rings is 2. The van der Waals surface area contributed by atoms with E-state index in [9.17, 15) is 0 Å². The molecular formula is C22H30IN3O3. The molecule has 0 saturated carbocycles. The molecule has 0 saturated heterocycles. The third kappa shape index (κ3) is 6.69. The number of nitrogens with zero attached hydrogens (tertiary/aromatic N) is 1. The fourth-order valence-electron chi connectivity index (χ4n) is 2.80. The van der Waals surface area contributed by atoms with Gasteiger partial charge in [0, 0.05) is 23.7 Å². The van der Waals surface area contributed by atoms with E-state index in [0.29, 0.717) is 25.7 Å². The van der Waals surface area contributed by atoms with Crippen LogP contribution in [0.3, 0.4) is 0 Å². The number of aryl methyl sites for hydroxylation is 1. The number of halogens is 1. The molecule has 158 valence electrons. The Hall–Kier alpha value is -2.16. The SMILES string of the molecule is CCC(C)Oc1cc(C)ccc1CN=C(N)Nc1ccc2c(c1)OCCCO2.I. The van der Waals surface area contributed by atoms with E-state index < -0.39 is 0 Å². The summed E-state index contributed by atoms with van der Waals surface area (Å²) in [5.41, 5.74) is 9.07. The maximum absolute atomic E-state index is 6.09. The number of aliphatic imine (C=N–C) groups is 1. The van der Waals surface area contributed by atoms with Gasteiger partial charge in [-0.15, -0.1) is 24.0 Å². The quantitative estimate of drug-likeness (QED) is 0.329. The van der Waals surface area contributed by atoms with Crippen molar-refractivity contribution < 1.29 is 14.2 Å². The molecule has 6 nitrogen and oxygen atoms in total. The Morgan fingerprint density at radius 2 is 1.93 bits per heavy atom. The summed E-state index contributed by atoms with van der Waals surface area (Å²) >= 11 is 0. The van der Waals surface area contributed by atoms with Gasteiger partial charge in [0.25, 0.3) is 0 Å². The molecule has 3 rings (SSSR count). The number of hydrogen-bond donors (Lipinski definition) is 2. The first-order valence-electron chi connectivity index (χ1n) is 9.78. The van der Waals surface area contributed by atoms with Crippen LogP contribution in [-0.4, -0.2) is 25.3 Å². The van der Waals surface area contributed by atoms with Crippen molar-refractivity contribution in [1.29, 1.82) is 0 Å². The van der Waals surface area contributed by atoms with Gasteiger partial charge < -0.3 is 25.3 Å². The summed E-state index contributed by atoms with van der Waals surface area (Å²) in [6.45, 7) is 7.98. The number of ether oxygens (including phenoxy) is 3. The van der Waals surface area contributed by atoms with Gasteiger partial charge in [0.05, 0.1) is 25.9 Å². The van der Waals surface area contributed by atoms with E-state index in [1.807, 2.05) is 30.3 Å². The van der Waals surface area contributed by atoms with Crippen molar-refractivity contribution in [3.63, 3.8) is 0 Å². The van der Waals surface area contributed by atoms with Crippen LogP contribution in [0.15, 0.2) is 41.4 Å². The van der Waals surface area contributed by atoms with Crippen molar-refractivity contribution in [2.75, 3.05) is 18.5 Å². The fourth-order valence-corrected chi connectivity index (χ4v) is 2.80. The Bertz CT molecular complexity index is 842. The van der Waals surface area contributed by atoms with E-state index in [0.717, 1.165) is 46.9 Å². The van der Waals surface area contributed by atoms with Gasteiger partial charge in [-0.25, -0.2) is 4.99 Å². The second-order valence-corrected chi connectivity index (χ2v) is 6.99. The van der Waals surface area contributed by atoms with Crippen LogP contribution in [0.4, 0.5) is 5.69 Å². The molecule has 1 heterocycles. The number of nitrogens with one attached hydrogen (secondary N) is 1. The molecule has 3 N–H and O–H groups in total. The Kier molecular flexibility index (Phi) is 8.88. The molecule has 2 aromatic carbocycles. The molecule has 0 spiro atoms. The smallest absolute Gasteiger partial charge is 0.193 e. The zero-order valence-electron chi connectivity index (χ0n) is 17.2. The number of guanidine groups is 1. The van der Waals surface area contributed by atoms with E-state index in [2.05, 4.69) is 37.1 Å². The Morgan fingerprint density at radius 1 is 1.17 bits per heavy atom. The van der Waals surface area contributed by atoms with Gasteiger partial charge in [0.15, 0.2) is 17.5 Å². The Morgan fingerprint density at radius 3 is 2.69 bits per heavy atom. The van der Waals surface area contributed by atoms with Gasteiger partial charge in [-0.3, -0.25) is 0 Å². The predicted octanol–water partition coefficient (Wildman–Crippen LogP) is 4.88. The van der Waals surface area contributed by atoms with Gasteiger partial charge in [0.2, 0.25) is 0 Å². The zero-order chi connectivity index (χ0) is 19.9. The van der Waals surface area contributed by atoms with Crippen LogP contribution in [0.1, 0.15) is 37.8 Å². The summed E-state index contributed by atoms with van der Waals surface area (Å²) in [6, 6.07) is 11.8. The normalized spacial score (nSPS) is 14.4. The third-order valence-electron chi connectivity index (χ3n) is 4.57. The lowest BCUT2D eigenvalue weighted by Gasteiger charge is -2.16. The van der Waals surface area contributed by atoms with Crippen molar-refractivity contribution in [3.05, 3.63) is 47.5 Å². The van der Waals surface area contributed by atoms with E-state index in [1.54, 1.807) is 0 Å². The molecule has 0 aromatic heterocycles. The van der Waals surface area contributed by atoms with Crippen molar-refractivity contribution in [3.8, 4) is 17.2 Å². The molecule has 29 heavy (non-hydrogen) atoms. The number of hydrogen-bond acceptors (Lipinski definition) is 4. The topological polar surface area (TPSA) is 78.1 Å². The van der Waals surface area contributed by atoms with E-state index >= 15 is 0 Å². The maximum atomic E-state index is 6.09. The van der Waals surface area contributed by atoms with Crippen LogP contribution in [0.5, 0.6) is 17.2 Å². The molecule has 1 aliphatic rings. The van der Waals surface area contributed by atoms with E-state index in [-0.39, 0.29) is 30.1 Å². The molecule has 0 bridgehead atoms. The minimum atomic E-state index is 0. The summed E-state index contributed by atoms with van der Waals surface area (Å²) in [4.78, 5) is 4.47. The highest BCUT2D eigenvalue weighted by molar-refractivity contribution is 14.0. The average Bonchev–Trinajstić information content (AvgIpc) is 2.92. The lowest BCUT2D eigenvalue weighted by atomic mass is 10.1. The maximum Gasteiger partial charge on any atom is 0.193 e. The van der Waals surface area contributed by atoms with Gasteiger partial charge >= 0.3 is 0 Å². The number of anilines is 1. The molecule has 0 fully saturated rings. The zero-order valence-corrected chi connectivity index (χ0v) is 19.6. The highest BCUT2D eigenvalue weighted by atomic mass is 127. The first-order valence-corrected chi connectivity index (χ1v) is 9.78. The molecule has 7 heteroatoms. The van der Waals surface area contributed by atoms with Gasteiger partial charge in [-0.2, -0.15) is 0 Å². The summed E-state index contributed by atoms with van der Waals surface area (Å²) in [5, 5.41) is 3.12. The minimum absolute atomic E-state index is 0. The fraction of sp³-hybridized carbons (Fsp3) is 0.409. The lowest BCUT2D eigenvalue weighted by Crippen LogP contribution is -2.22. The van der Waals surface area contributed by atoms with Crippen LogP contribution >= 0.6 is 24.0 Å². The summed E-state index contributed by atoms with van der Waals surface area (Å²) < 4.78 is 17.4. The number of nitrogens with two attached hydrogens (primary N) is 1. The van der Waals surface area contributed by atoms with Crippen molar-refractivity contribution >= 4 is 35.6 Å². The summed E-state index contributed by atoms with van der Waals surface area (Å²) in [7, 11) is 0. The largest absolute Gasteiger partial charge is 0.490 e. The highest BCUT2D eigenvalue weighted by Crippen LogP contribution is 2.32. The van der Waals surface area contributed by atoms with Crippen LogP contribution < -0.4 is 25.3 Å². The van der Waals surface area contributed by atoms with Crippen molar-refractivity contribution in [2.24, 2.45) is 10.7 Å². The molecule has 2 aromatic rings. The average molecular weight is 511 g/mol. The second kappa shape index (κ2) is 11.1. The van der Waals surface area contributed by atoms with E-state index in [4.69, 9.17) is 19.9 Å². The van der Waals surface area contributed by atoms with Crippen molar-refractivity contribution in [1.82, 2.24) is 0 Å².